The summed E-state index contributed by atoms with van der Waals surface area (Å²) in [6.45, 7) is 4.00. The summed E-state index contributed by atoms with van der Waals surface area (Å²) in [5.41, 5.74) is 11.2. The minimum atomic E-state index is -0.218. The van der Waals surface area contributed by atoms with Crippen molar-refractivity contribution >= 4 is 17.2 Å². The molecule has 3 saturated carbocycles. The molecule has 194 valence electrons. The highest BCUT2D eigenvalue weighted by atomic mass is 16.3. The Balaban J connectivity index is 0.000000181. The Morgan fingerprint density at radius 2 is 1.76 bits per heavy atom. The van der Waals surface area contributed by atoms with E-state index in [-0.39, 0.29) is 17.9 Å². The number of rotatable bonds is 5. The molecule has 1 amide bonds. The molecule has 0 aliphatic heterocycles. The summed E-state index contributed by atoms with van der Waals surface area (Å²) in [7, 11) is 0. The number of anilines is 1. The fraction of sp³-hybridized carbons (Fsp3) is 0.429. The Hall–Kier alpha value is -3.72. The van der Waals surface area contributed by atoms with Crippen molar-refractivity contribution in [3.8, 4) is 22.5 Å². The number of aliphatic hydroxyl groups is 1. The first-order valence-corrected chi connectivity index (χ1v) is 13.3. The summed E-state index contributed by atoms with van der Waals surface area (Å²) >= 11 is 0. The van der Waals surface area contributed by atoms with E-state index in [4.69, 9.17) is 10.8 Å². The first-order valence-electron chi connectivity index (χ1n) is 13.3. The molecule has 3 aliphatic carbocycles. The van der Waals surface area contributed by atoms with Gasteiger partial charge in [0, 0.05) is 29.3 Å². The third-order valence-electron chi connectivity index (χ3n) is 6.90. The topological polar surface area (TPSA) is 123 Å². The van der Waals surface area contributed by atoms with E-state index in [0.29, 0.717) is 30.7 Å². The maximum absolute atomic E-state index is 11.2. The highest BCUT2D eigenvalue weighted by molar-refractivity contribution is 5.90. The molecule has 3 fully saturated rings. The van der Waals surface area contributed by atoms with Crippen molar-refractivity contribution in [3.05, 3.63) is 55.0 Å². The van der Waals surface area contributed by atoms with E-state index in [2.05, 4.69) is 43.4 Å². The quantitative estimate of drug-likeness (QED) is 0.376. The lowest BCUT2D eigenvalue weighted by Gasteiger charge is -2.29. The lowest BCUT2D eigenvalue weighted by Crippen LogP contribution is -2.41. The second kappa shape index (κ2) is 10.7. The van der Waals surface area contributed by atoms with Crippen molar-refractivity contribution < 1.29 is 9.90 Å². The zero-order valence-corrected chi connectivity index (χ0v) is 21.4. The Morgan fingerprint density at radius 3 is 2.41 bits per heavy atom. The average molecular weight is 502 g/mol. The van der Waals surface area contributed by atoms with Gasteiger partial charge in [-0.3, -0.25) is 9.48 Å². The number of hydrogen-bond donors (Lipinski definition) is 3. The molecule has 0 radical (unpaired) electrons. The van der Waals surface area contributed by atoms with E-state index in [0.717, 1.165) is 40.9 Å². The van der Waals surface area contributed by atoms with Gasteiger partial charge in [0.25, 0.3) is 0 Å². The molecule has 7 rings (SSSR count). The van der Waals surface area contributed by atoms with Crippen LogP contribution in [-0.4, -0.2) is 47.5 Å². The van der Waals surface area contributed by atoms with E-state index in [1.807, 2.05) is 48.8 Å². The Kier molecular flexibility index (Phi) is 7.23. The monoisotopic (exact) mass is 501 g/mol. The van der Waals surface area contributed by atoms with Gasteiger partial charge in [-0.25, -0.2) is 9.50 Å². The van der Waals surface area contributed by atoms with Crippen LogP contribution in [0.15, 0.2) is 55.0 Å². The van der Waals surface area contributed by atoms with Gasteiger partial charge in [-0.1, -0.05) is 44.2 Å². The molecule has 3 aliphatic rings. The molecular weight excluding hydrogens is 466 g/mol. The third-order valence-corrected chi connectivity index (χ3v) is 6.90. The molecule has 0 saturated heterocycles. The number of carbonyl (C=O) groups is 1. The number of benzene rings is 1. The van der Waals surface area contributed by atoms with Crippen molar-refractivity contribution in [1.82, 2.24) is 29.7 Å². The van der Waals surface area contributed by atoms with Crippen molar-refractivity contribution in [3.63, 3.8) is 0 Å². The van der Waals surface area contributed by atoms with Gasteiger partial charge in [0.2, 0.25) is 5.91 Å². The van der Waals surface area contributed by atoms with E-state index < -0.39 is 0 Å². The summed E-state index contributed by atoms with van der Waals surface area (Å²) in [5.74, 6) is 0.731. The van der Waals surface area contributed by atoms with Gasteiger partial charge in [0.1, 0.15) is 11.8 Å². The van der Waals surface area contributed by atoms with Crippen LogP contribution in [0, 0.1) is 5.92 Å². The maximum Gasteiger partial charge on any atom is 0.223 e. The second-order valence-corrected chi connectivity index (χ2v) is 9.71. The first-order chi connectivity index (χ1) is 18.1. The lowest BCUT2D eigenvalue weighted by molar-refractivity contribution is -0.131. The summed E-state index contributed by atoms with van der Waals surface area (Å²) in [6.07, 6.45) is 9.09. The number of nitrogens with two attached hydrogens (primary N) is 1. The van der Waals surface area contributed by atoms with E-state index in [9.17, 15) is 4.79 Å². The van der Waals surface area contributed by atoms with Crippen LogP contribution in [-0.2, 0) is 4.79 Å². The SMILES string of the molecule is CC.Nc1ncnn2c(-c3ccccc3)cc(-c3ccnn3C3CC3)c12.O=C(NC1CC1)C1CC(O)C1. The summed E-state index contributed by atoms with van der Waals surface area (Å²) < 4.78 is 3.97. The van der Waals surface area contributed by atoms with Crippen LogP contribution in [0.4, 0.5) is 5.82 Å². The summed E-state index contributed by atoms with van der Waals surface area (Å²) in [6, 6.07) is 15.3. The third kappa shape index (κ3) is 5.36. The number of nitrogens with one attached hydrogen (secondary N) is 1. The Morgan fingerprint density at radius 1 is 1.03 bits per heavy atom. The lowest BCUT2D eigenvalue weighted by atomic mass is 9.82. The molecule has 0 bridgehead atoms. The van der Waals surface area contributed by atoms with Crippen molar-refractivity contribution in [2.24, 2.45) is 5.92 Å². The number of nitrogens with zero attached hydrogens (tertiary/aromatic N) is 5. The maximum atomic E-state index is 11.2. The molecule has 9 heteroatoms. The van der Waals surface area contributed by atoms with Crippen LogP contribution < -0.4 is 11.1 Å². The molecule has 0 unspecified atom stereocenters. The predicted molar refractivity (Wildman–Crippen MR) is 144 cm³/mol. The minimum absolute atomic E-state index is 0.102. The zero-order valence-electron chi connectivity index (χ0n) is 21.4. The standard InChI is InChI=1S/C18H16N6.C8H13NO2.C2H6/c19-18-17-14(15-8-9-21-23(15)13-6-7-13)10-16(24(17)22-11-20-18)12-4-2-1-3-5-12;10-7-3-5(4-7)8(11)9-6-1-2-6;1-2/h1-5,8-11,13H,6-7H2,(H2,19,20,22);5-7,10H,1-4H2,(H,9,11);1-2H3. The van der Waals surface area contributed by atoms with Crippen LogP contribution in [0.3, 0.4) is 0 Å². The van der Waals surface area contributed by atoms with Crippen LogP contribution in [0.2, 0.25) is 0 Å². The Labute approximate surface area is 216 Å². The van der Waals surface area contributed by atoms with Crippen molar-refractivity contribution in [2.75, 3.05) is 5.73 Å². The number of hydrogen-bond acceptors (Lipinski definition) is 6. The van der Waals surface area contributed by atoms with Gasteiger partial charge in [-0.15, -0.1) is 0 Å². The van der Waals surface area contributed by atoms with E-state index in [1.165, 1.54) is 19.2 Å². The minimum Gasteiger partial charge on any atom is -0.393 e. The molecular formula is C28H35N7O2. The van der Waals surface area contributed by atoms with Gasteiger partial charge < -0.3 is 16.2 Å². The molecule has 3 aromatic heterocycles. The van der Waals surface area contributed by atoms with Crippen LogP contribution in [0.5, 0.6) is 0 Å². The van der Waals surface area contributed by atoms with E-state index >= 15 is 0 Å². The van der Waals surface area contributed by atoms with Gasteiger partial charge in [-0.05, 0) is 50.7 Å². The number of nitrogen functional groups attached to an aromatic ring is 1. The average Bonchev–Trinajstić information content (AvgIpc) is 3.83. The van der Waals surface area contributed by atoms with Crippen molar-refractivity contribution in [1.29, 1.82) is 0 Å². The molecule has 0 spiro atoms. The molecule has 9 nitrogen and oxygen atoms in total. The largest absolute Gasteiger partial charge is 0.393 e. The molecule has 4 N–H and O–H groups in total. The highest BCUT2D eigenvalue weighted by Gasteiger charge is 2.35. The number of aliphatic hydroxyl groups excluding tert-OH is 1. The van der Waals surface area contributed by atoms with Crippen LogP contribution in [0.25, 0.3) is 28.0 Å². The second-order valence-electron chi connectivity index (χ2n) is 9.71. The summed E-state index contributed by atoms with van der Waals surface area (Å²) in [4.78, 5) is 15.4. The van der Waals surface area contributed by atoms with Crippen LogP contribution >= 0.6 is 0 Å². The predicted octanol–water partition coefficient (Wildman–Crippen LogP) is 4.24. The molecule has 0 atom stereocenters. The number of fused-ring (bicyclic) bond motifs is 1. The van der Waals surface area contributed by atoms with Crippen LogP contribution in [0.1, 0.15) is 58.4 Å². The zero-order chi connectivity index (χ0) is 25.9. The molecule has 1 aromatic carbocycles. The highest BCUT2D eigenvalue weighted by Crippen LogP contribution is 2.40. The van der Waals surface area contributed by atoms with Gasteiger partial charge in [-0.2, -0.15) is 10.2 Å². The van der Waals surface area contributed by atoms with Gasteiger partial charge in [0.05, 0.1) is 23.5 Å². The number of amides is 1. The summed E-state index contributed by atoms with van der Waals surface area (Å²) in [5, 5.41) is 20.8. The smallest absolute Gasteiger partial charge is 0.223 e. The van der Waals surface area contributed by atoms with Crippen molar-refractivity contribution in [2.45, 2.75) is 70.6 Å². The molecule has 37 heavy (non-hydrogen) atoms. The van der Waals surface area contributed by atoms with Gasteiger partial charge in [0.15, 0.2) is 5.82 Å². The molecule has 3 heterocycles. The molecule has 4 aromatic rings. The number of aromatic nitrogens is 5. The van der Waals surface area contributed by atoms with E-state index in [1.54, 1.807) is 0 Å². The first kappa shape index (κ1) is 25.0. The fourth-order valence-electron chi connectivity index (χ4n) is 4.56. The number of carbonyl (C=O) groups excluding carboxylic acids is 1. The normalized spacial score (nSPS) is 20.2. The Bertz CT molecular complexity index is 1350. The fourth-order valence-corrected chi connectivity index (χ4v) is 4.56. The van der Waals surface area contributed by atoms with Gasteiger partial charge >= 0.3 is 0 Å².